The minimum absolute atomic E-state index is 0.166. The maximum Gasteiger partial charge on any atom is 0.327 e. The molecule has 0 bridgehead atoms. The molecule has 0 saturated heterocycles. The van der Waals surface area contributed by atoms with E-state index in [1.807, 2.05) is 6.92 Å². The molecule has 0 aliphatic carbocycles. The predicted octanol–water partition coefficient (Wildman–Crippen LogP) is 2.57. The quantitative estimate of drug-likeness (QED) is 0.796. The van der Waals surface area contributed by atoms with Crippen LogP contribution in [-0.2, 0) is 9.53 Å². The van der Waals surface area contributed by atoms with Crippen LogP contribution >= 0.6 is 0 Å². The number of benzene rings is 1. The minimum Gasteiger partial charge on any atom is -0.465 e. The topological polar surface area (TPSA) is 38.3 Å². The van der Waals surface area contributed by atoms with Gasteiger partial charge in [0.1, 0.15) is 17.7 Å². The molecule has 1 rings (SSSR count). The van der Waals surface area contributed by atoms with Gasteiger partial charge in [0.15, 0.2) is 0 Å². The van der Waals surface area contributed by atoms with E-state index in [1.165, 1.54) is 6.07 Å². The first-order valence-corrected chi connectivity index (χ1v) is 5.95. The maximum absolute atomic E-state index is 13.6. The second kappa shape index (κ2) is 7.06. The number of carbonyl (C=O) groups excluding carboxylic acids is 1. The van der Waals surface area contributed by atoms with Crippen LogP contribution in [0.3, 0.4) is 0 Å². The summed E-state index contributed by atoms with van der Waals surface area (Å²) in [5.74, 6) is -2.18. The molecule has 1 N–H and O–H groups in total. The zero-order chi connectivity index (χ0) is 13.5. The van der Waals surface area contributed by atoms with Crippen LogP contribution in [0, 0.1) is 11.6 Å². The predicted molar refractivity (Wildman–Crippen MR) is 64.0 cm³/mol. The fourth-order valence-corrected chi connectivity index (χ4v) is 1.60. The summed E-state index contributed by atoms with van der Waals surface area (Å²) in [4.78, 5) is 11.7. The first-order chi connectivity index (χ1) is 8.61. The summed E-state index contributed by atoms with van der Waals surface area (Å²) in [6.45, 7) is 4.18. The fraction of sp³-hybridized carbons (Fsp3) is 0.462. The molecule has 1 aromatic rings. The monoisotopic (exact) mass is 257 g/mol. The highest BCUT2D eigenvalue weighted by Gasteiger charge is 2.27. The molecule has 1 unspecified atom stereocenters. The molecule has 0 aliphatic rings. The van der Waals surface area contributed by atoms with Crippen molar-refractivity contribution in [2.75, 3.05) is 13.2 Å². The zero-order valence-corrected chi connectivity index (χ0v) is 10.5. The van der Waals surface area contributed by atoms with Gasteiger partial charge in [0, 0.05) is 0 Å². The van der Waals surface area contributed by atoms with E-state index < -0.39 is 23.6 Å². The highest BCUT2D eigenvalue weighted by Crippen LogP contribution is 2.22. The number of hydrogen-bond donors (Lipinski definition) is 1. The minimum atomic E-state index is -1.11. The van der Waals surface area contributed by atoms with Crippen LogP contribution in [0.5, 0.6) is 0 Å². The third kappa shape index (κ3) is 3.50. The molecule has 1 aromatic carbocycles. The van der Waals surface area contributed by atoms with E-state index in [2.05, 4.69) is 5.32 Å². The number of nitrogens with one attached hydrogen (secondary N) is 1. The molecule has 0 aromatic heterocycles. The van der Waals surface area contributed by atoms with Crippen molar-refractivity contribution in [3.63, 3.8) is 0 Å². The highest BCUT2D eigenvalue weighted by molar-refractivity contribution is 5.77. The number of carbonyl (C=O) groups is 1. The summed E-state index contributed by atoms with van der Waals surface area (Å²) >= 11 is 0. The van der Waals surface area contributed by atoms with Gasteiger partial charge in [-0.3, -0.25) is 0 Å². The lowest BCUT2D eigenvalue weighted by Crippen LogP contribution is -2.32. The zero-order valence-electron chi connectivity index (χ0n) is 10.5. The van der Waals surface area contributed by atoms with Crippen molar-refractivity contribution in [2.24, 2.45) is 0 Å². The van der Waals surface area contributed by atoms with Crippen LogP contribution in [0.1, 0.15) is 31.9 Å². The van der Waals surface area contributed by atoms with Gasteiger partial charge < -0.3 is 10.1 Å². The Morgan fingerprint density at radius 1 is 1.33 bits per heavy atom. The Hall–Kier alpha value is -1.49. The van der Waals surface area contributed by atoms with E-state index in [-0.39, 0.29) is 12.2 Å². The fourth-order valence-electron chi connectivity index (χ4n) is 1.60. The van der Waals surface area contributed by atoms with Crippen molar-refractivity contribution in [1.82, 2.24) is 5.32 Å². The van der Waals surface area contributed by atoms with Crippen LogP contribution in [0.4, 0.5) is 8.78 Å². The summed E-state index contributed by atoms with van der Waals surface area (Å²) in [5.41, 5.74) is -0.288. The van der Waals surface area contributed by atoms with E-state index in [9.17, 15) is 13.6 Å². The van der Waals surface area contributed by atoms with Gasteiger partial charge in [-0.2, -0.15) is 0 Å². The van der Waals surface area contributed by atoms with Crippen molar-refractivity contribution in [3.8, 4) is 0 Å². The molecular weight excluding hydrogens is 240 g/mol. The molecule has 5 heteroatoms. The van der Waals surface area contributed by atoms with Crippen LogP contribution in [0.15, 0.2) is 18.2 Å². The van der Waals surface area contributed by atoms with Crippen LogP contribution in [0.2, 0.25) is 0 Å². The number of esters is 1. The van der Waals surface area contributed by atoms with Crippen molar-refractivity contribution in [1.29, 1.82) is 0 Å². The molecule has 18 heavy (non-hydrogen) atoms. The molecule has 0 aliphatic heterocycles. The summed E-state index contributed by atoms with van der Waals surface area (Å²) in [5, 5.41) is 2.80. The van der Waals surface area contributed by atoms with Crippen molar-refractivity contribution in [3.05, 3.63) is 35.4 Å². The molecule has 0 amide bonds. The largest absolute Gasteiger partial charge is 0.465 e. The lowest BCUT2D eigenvalue weighted by atomic mass is 10.1. The Kier molecular flexibility index (Phi) is 5.71. The van der Waals surface area contributed by atoms with E-state index in [0.717, 1.165) is 18.6 Å². The van der Waals surface area contributed by atoms with Crippen molar-refractivity contribution < 1.29 is 18.3 Å². The molecule has 100 valence electrons. The lowest BCUT2D eigenvalue weighted by Gasteiger charge is -2.18. The Morgan fingerprint density at radius 3 is 2.44 bits per heavy atom. The third-order valence-electron chi connectivity index (χ3n) is 2.41. The number of ether oxygens (including phenoxy) is 1. The lowest BCUT2D eigenvalue weighted by molar-refractivity contribution is -0.146. The third-order valence-corrected chi connectivity index (χ3v) is 2.41. The average Bonchev–Trinajstić information content (AvgIpc) is 2.33. The summed E-state index contributed by atoms with van der Waals surface area (Å²) in [7, 11) is 0. The second-order valence-electron chi connectivity index (χ2n) is 3.77. The molecule has 0 saturated carbocycles. The van der Waals surface area contributed by atoms with Gasteiger partial charge in [-0.15, -0.1) is 0 Å². The second-order valence-corrected chi connectivity index (χ2v) is 3.77. The first-order valence-electron chi connectivity index (χ1n) is 5.95. The molecule has 3 nitrogen and oxygen atoms in total. The standard InChI is InChI=1S/C13H17F2NO2/c1-3-8-16-12(13(17)18-4-2)11-9(14)6-5-7-10(11)15/h5-7,12,16H,3-4,8H2,1-2H3. The first kappa shape index (κ1) is 14.6. The number of halogens is 2. The summed E-state index contributed by atoms with van der Waals surface area (Å²) < 4.78 is 32.1. The van der Waals surface area contributed by atoms with Crippen LogP contribution in [-0.4, -0.2) is 19.1 Å². The van der Waals surface area contributed by atoms with Crippen molar-refractivity contribution in [2.45, 2.75) is 26.3 Å². The molecule has 0 fully saturated rings. The smallest absolute Gasteiger partial charge is 0.327 e. The average molecular weight is 257 g/mol. The summed E-state index contributed by atoms with van der Waals surface area (Å²) in [6, 6.07) is 2.40. The van der Waals surface area contributed by atoms with E-state index in [4.69, 9.17) is 4.74 Å². The summed E-state index contributed by atoms with van der Waals surface area (Å²) in [6.07, 6.45) is 0.742. The van der Waals surface area contributed by atoms with Gasteiger partial charge >= 0.3 is 5.97 Å². The van der Waals surface area contributed by atoms with Gasteiger partial charge in [-0.05, 0) is 32.0 Å². The van der Waals surface area contributed by atoms with Gasteiger partial charge in [0.2, 0.25) is 0 Å². The van der Waals surface area contributed by atoms with Gasteiger partial charge in [0.05, 0.1) is 12.2 Å². The van der Waals surface area contributed by atoms with Gasteiger partial charge in [-0.25, -0.2) is 13.6 Å². The molecular formula is C13H17F2NO2. The molecule has 0 heterocycles. The normalized spacial score (nSPS) is 12.2. The van der Waals surface area contributed by atoms with E-state index in [0.29, 0.717) is 6.54 Å². The Balaban J connectivity index is 3.04. The Bertz CT molecular complexity index is 390. The maximum atomic E-state index is 13.6. The van der Waals surface area contributed by atoms with Gasteiger partial charge in [-0.1, -0.05) is 13.0 Å². The van der Waals surface area contributed by atoms with E-state index >= 15 is 0 Å². The Labute approximate surface area is 105 Å². The van der Waals surface area contributed by atoms with E-state index in [1.54, 1.807) is 6.92 Å². The number of hydrogen-bond acceptors (Lipinski definition) is 3. The highest BCUT2D eigenvalue weighted by atomic mass is 19.1. The molecule has 0 spiro atoms. The van der Waals surface area contributed by atoms with Crippen molar-refractivity contribution >= 4 is 5.97 Å². The SMILES string of the molecule is CCCNC(C(=O)OCC)c1c(F)cccc1F. The Morgan fingerprint density at radius 2 is 1.94 bits per heavy atom. The number of rotatable bonds is 6. The van der Waals surface area contributed by atoms with Crippen LogP contribution < -0.4 is 5.32 Å². The molecule has 1 atom stereocenters. The van der Waals surface area contributed by atoms with Gasteiger partial charge in [0.25, 0.3) is 0 Å². The van der Waals surface area contributed by atoms with Crippen LogP contribution in [0.25, 0.3) is 0 Å². The molecule has 0 radical (unpaired) electrons.